The Morgan fingerprint density at radius 3 is 2.69 bits per heavy atom. The molecule has 0 radical (unpaired) electrons. The van der Waals surface area contributed by atoms with Crippen LogP contribution in [0.15, 0.2) is 18.3 Å². The summed E-state index contributed by atoms with van der Waals surface area (Å²) in [5.41, 5.74) is 7.11. The van der Waals surface area contributed by atoms with Crippen molar-refractivity contribution < 1.29 is 0 Å². The monoisotopic (exact) mass is 219 g/mol. The first kappa shape index (κ1) is 11.4. The van der Waals surface area contributed by atoms with Gasteiger partial charge in [-0.2, -0.15) is 0 Å². The van der Waals surface area contributed by atoms with Crippen molar-refractivity contribution in [3.8, 4) is 0 Å². The van der Waals surface area contributed by atoms with E-state index >= 15 is 0 Å². The van der Waals surface area contributed by atoms with Gasteiger partial charge >= 0.3 is 0 Å². The van der Waals surface area contributed by atoms with Gasteiger partial charge in [-0.15, -0.1) is 0 Å². The van der Waals surface area contributed by atoms with Crippen LogP contribution < -0.4 is 10.6 Å². The second kappa shape index (κ2) is 4.42. The van der Waals surface area contributed by atoms with E-state index in [1.54, 1.807) is 0 Å². The van der Waals surface area contributed by atoms with Crippen LogP contribution in [-0.4, -0.2) is 18.1 Å². The molecule has 88 valence electrons. The third-order valence-corrected chi connectivity index (χ3v) is 3.56. The molecule has 1 aromatic rings. The van der Waals surface area contributed by atoms with Crippen molar-refractivity contribution in [2.75, 3.05) is 11.9 Å². The second-order valence-corrected chi connectivity index (χ2v) is 4.89. The molecule has 0 saturated heterocycles. The van der Waals surface area contributed by atoms with Gasteiger partial charge in [-0.1, -0.05) is 6.07 Å². The minimum absolute atomic E-state index is 0.0394. The van der Waals surface area contributed by atoms with E-state index in [-0.39, 0.29) is 6.04 Å². The number of aromatic nitrogens is 1. The van der Waals surface area contributed by atoms with Gasteiger partial charge in [0.1, 0.15) is 5.82 Å². The average molecular weight is 219 g/mol. The fourth-order valence-corrected chi connectivity index (χ4v) is 2.15. The number of nitrogens with two attached hydrogens (primary N) is 1. The lowest BCUT2D eigenvalue weighted by molar-refractivity contribution is 0.599. The first-order valence-electron chi connectivity index (χ1n) is 6.04. The van der Waals surface area contributed by atoms with E-state index in [1.165, 1.54) is 12.8 Å². The van der Waals surface area contributed by atoms with Crippen LogP contribution >= 0.6 is 0 Å². The Bertz CT molecular complexity index is 358. The highest BCUT2D eigenvalue weighted by Crippen LogP contribution is 2.36. The summed E-state index contributed by atoms with van der Waals surface area (Å²) < 4.78 is 0. The van der Waals surface area contributed by atoms with Gasteiger partial charge in [0.25, 0.3) is 0 Å². The van der Waals surface area contributed by atoms with Crippen LogP contribution in [0.3, 0.4) is 0 Å². The molecule has 0 spiro atoms. The van der Waals surface area contributed by atoms with Crippen molar-refractivity contribution >= 4 is 5.82 Å². The van der Waals surface area contributed by atoms with Gasteiger partial charge in [-0.25, -0.2) is 4.98 Å². The molecule has 1 saturated carbocycles. The van der Waals surface area contributed by atoms with Crippen LogP contribution in [0.4, 0.5) is 5.82 Å². The average Bonchev–Trinajstić information content (AvgIpc) is 3.11. The van der Waals surface area contributed by atoms with Gasteiger partial charge in [0, 0.05) is 30.9 Å². The van der Waals surface area contributed by atoms with Gasteiger partial charge in [0.2, 0.25) is 0 Å². The number of nitrogens with zero attached hydrogens (tertiary/aromatic N) is 2. The van der Waals surface area contributed by atoms with Crippen LogP contribution in [0.1, 0.15) is 38.3 Å². The Hall–Kier alpha value is -1.09. The predicted octanol–water partition coefficient (Wildman–Crippen LogP) is 2.34. The molecule has 0 aromatic carbocycles. The first-order chi connectivity index (χ1) is 7.61. The predicted molar refractivity (Wildman–Crippen MR) is 67.4 cm³/mol. The van der Waals surface area contributed by atoms with Gasteiger partial charge in [0.05, 0.1) is 0 Å². The van der Waals surface area contributed by atoms with E-state index in [9.17, 15) is 0 Å². The summed E-state index contributed by atoms with van der Waals surface area (Å²) >= 11 is 0. The van der Waals surface area contributed by atoms with Crippen molar-refractivity contribution in [2.24, 2.45) is 11.7 Å². The minimum Gasteiger partial charge on any atom is -0.356 e. The zero-order chi connectivity index (χ0) is 11.7. The largest absolute Gasteiger partial charge is 0.356 e. The van der Waals surface area contributed by atoms with Crippen molar-refractivity contribution in [2.45, 2.75) is 38.8 Å². The van der Waals surface area contributed by atoms with E-state index in [1.807, 2.05) is 19.2 Å². The summed E-state index contributed by atoms with van der Waals surface area (Å²) in [6.07, 6.45) is 4.55. The Kier molecular flexibility index (Phi) is 3.15. The fraction of sp³-hybridized carbons (Fsp3) is 0.615. The molecular formula is C13H21N3. The zero-order valence-electron chi connectivity index (χ0n) is 10.4. The number of hydrogen-bond donors (Lipinski definition) is 1. The second-order valence-electron chi connectivity index (χ2n) is 4.89. The van der Waals surface area contributed by atoms with Gasteiger partial charge in [-0.05, 0) is 38.7 Å². The molecule has 3 heteroatoms. The third kappa shape index (κ3) is 2.19. The third-order valence-electron chi connectivity index (χ3n) is 3.56. The number of pyridine rings is 1. The highest BCUT2D eigenvalue weighted by Gasteiger charge is 2.31. The van der Waals surface area contributed by atoms with E-state index < -0.39 is 0 Å². The van der Waals surface area contributed by atoms with Crippen LogP contribution in [0.5, 0.6) is 0 Å². The lowest BCUT2D eigenvalue weighted by Crippen LogP contribution is -2.32. The summed E-state index contributed by atoms with van der Waals surface area (Å²) in [5.74, 6) is 1.88. The minimum atomic E-state index is 0.0394. The maximum Gasteiger partial charge on any atom is 0.133 e. The number of anilines is 1. The van der Waals surface area contributed by atoms with Crippen molar-refractivity contribution in [3.63, 3.8) is 0 Å². The van der Waals surface area contributed by atoms with E-state index in [0.29, 0.717) is 6.04 Å². The van der Waals surface area contributed by atoms with Gasteiger partial charge < -0.3 is 10.6 Å². The highest BCUT2D eigenvalue weighted by atomic mass is 15.2. The molecule has 2 unspecified atom stereocenters. The first-order valence-corrected chi connectivity index (χ1v) is 6.04. The maximum absolute atomic E-state index is 5.98. The molecule has 1 aliphatic carbocycles. The lowest BCUT2D eigenvalue weighted by Gasteiger charge is -2.28. The van der Waals surface area contributed by atoms with Crippen LogP contribution in [0.25, 0.3) is 0 Å². The molecule has 1 aromatic heterocycles. The normalized spacial score (nSPS) is 19.2. The Labute approximate surface area is 97.7 Å². The number of rotatable bonds is 4. The standard InChI is InChI=1S/C13H21N3/c1-9(14)12-5-4-8-15-13(12)16(3)10(2)11-6-7-11/h4-5,8-11H,6-7,14H2,1-3H3. The number of hydrogen-bond acceptors (Lipinski definition) is 3. The summed E-state index contributed by atoms with van der Waals surface area (Å²) in [6, 6.07) is 4.63. The Morgan fingerprint density at radius 1 is 1.44 bits per heavy atom. The molecule has 16 heavy (non-hydrogen) atoms. The smallest absolute Gasteiger partial charge is 0.133 e. The fourth-order valence-electron chi connectivity index (χ4n) is 2.15. The van der Waals surface area contributed by atoms with Crippen LogP contribution in [0, 0.1) is 5.92 Å². The molecular weight excluding hydrogens is 198 g/mol. The Morgan fingerprint density at radius 2 is 2.12 bits per heavy atom. The summed E-state index contributed by atoms with van der Waals surface area (Å²) in [5, 5.41) is 0. The van der Waals surface area contributed by atoms with Gasteiger partial charge in [0.15, 0.2) is 0 Å². The quantitative estimate of drug-likeness (QED) is 0.845. The molecule has 0 bridgehead atoms. The summed E-state index contributed by atoms with van der Waals surface area (Å²) in [6.45, 7) is 4.29. The summed E-state index contributed by atoms with van der Waals surface area (Å²) in [7, 11) is 2.12. The molecule has 2 rings (SSSR count). The van der Waals surface area contributed by atoms with Crippen LogP contribution in [-0.2, 0) is 0 Å². The van der Waals surface area contributed by atoms with Crippen LogP contribution in [0.2, 0.25) is 0 Å². The zero-order valence-corrected chi connectivity index (χ0v) is 10.4. The SMILES string of the molecule is CC(N)c1cccnc1N(C)C(C)C1CC1. The molecule has 2 atom stereocenters. The maximum atomic E-state index is 5.98. The van der Waals surface area contributed by atoms with Crippen molar-refractivity contribution in [1.29, 1.82) is 0 Å². The van der Waals surface area contributed by atoms with Crippen molar-refractivity contribution in [1.82, 2.24) is 4.98 Å². The molecule has 2 N–H and O–H groups in total. The Balaban J connectivity index is 2.24. The molecule has 0 amide bonds. The molecule has 1 fully saturated rings. The van der Waals surface area contributed by atoms with Crippen molar-refractivity contribution in [3.05, 3.63) is 23.9 Å². The van der Waals surface area contributed by atoms with E-state index in [4.69, 9.17) is 5.73 Å². The van der Waals surface area contributed by atoms with E-state index in [0.717, 1.165) is 17.3 Å². The molecule has 1 heterocycles. The highest BCUT2D eigenvalue weighted by molar-refractivity contribution is 5.48. The van der Waals surface area contributed by atoms with Gasteiger partial charge in [-0.3, -0.25) is 0 Å². The molecule has 0 aliphatic heterocycles. The molecule has 1 aliphatic rings. The topological polar surface area (TPSA) is 42.1 Å². The molecule has 3 nitrogen and oxygen atoms in total. The summed E-state index contributed by atoms with van der Waals surface area (Å²) in [4.78, 5) is 6.75. The lowest BCUT2D eigenvalue weighted by atomic mass is 10.1. The van der Waals surface area contributed by atoms with E-state index in [2.05, 4.69) is 29.9 Å².